The van der Waals surface area contributed by atoms with Crippen LogP contribution in [0, 0.1) is 5.92 Å². The summed E-state index contributed by atoms with van der Waals surface area (Å²) < 4.78 is 24.8. The summed E-state index contributed by atoms with van der Waals surface area (Å²) in [5.74, 6) is 0.362. The minimum absolute atomic E-state index is 0.0815. The van der Waals surface area contributed by atoms with Crippen LogP contribution in [-0.4, -0.2) is 26.0 Å². The van der Waals surface area contributed by atoms with Gasteiger partial charge in [-0.2, -0.15) is 0 Å². The van der Waals surface area contributed by atoms with Gasteiger partial charge in [-0.25, -0.2) is 8.42 Å². The third-order valence-corrected chi connectivity index (χ3v) is 6.25. The van der Waals surface area contributed by atoms with Crippen molar-refractivity contribution in [2.45, 2.75) is 18.1 Å². The van der Waals surface area contributed by atoms with E-state index in [0.717, 1.165) is 10.0 Å². The highest BCUT2D eigenvalue weighted by Crippen LogP contribution is 2.51. The maximum atomic E-state index is 11.9. The first-order valence-electron chi connectivity index (χ1n) is 5.68. The summed E-state index contributed by atoms with van der Waals surface area (Å²) in [6.07, 6.45) is 0. The topological polar surface area (TPSA) is 60.2 Å². The predicted octanol–water partition coefficient (Wildman–Crippen LogP) is 1.92. The molecule has 0 aromatic heterocycles. The summed E-state index contributed by atoms with van der Waals surface area (Å²) in [7, 11) is -2.99. The summed E-state index contributed by atoms with van der Waals surface area (Å²) in [6, 6.07) is 7.83. The Hall–Kier alpha value is -0.390. The quantitative estimate of drug-likeness (QED) is 0.923. The van der Waals surface area contributed by atoms with E-state index in [1.165, 1.54) is 0 Å². The van der Waals surface area contributed by atoms with Gasteiger partial charge in [0.1, 0.15) is 0 Å². The lowest BCUT2D eigenvalue weighted by molar-refractivity contribution is 0.593. The van der Waals surface area contributed by atoms with Crippen LogP contribution >= 0.6 is 15.9 Å². The van der Waals surface area contributed by atoms with E-state index >= 15 is 0 Å². The lowest BCUT2D eigenvalue weighted by Gasteiger charge is -2.01. The molecular formula is C12H16BrNO2S. The lowest BCUT2D eigenvalue weighted by atomic mass is 10.1. The van der Waals surface area contributed by atoms with Crippen molar-refractivity contribution in [2.24, 2.45) is 11.7 Å². The molecule has 17 heavy (non-hydrogen) atoms. The fraction of sp³-hybridized carbons (Fsp3) is 0.500. The molecule has 1 aromatic carbocycles. The van der Waals surface area contributed by atoms with E-state index in [0.29, 0.717) is 6.54 Å². The smallest absolute Gasteiger partial charge is 0.153 e. The van der Waals surface area contributed by atoms with Crippen LogP contribution in [0.3, 0.4) is 0 Å². The van der Waals surface area contributed by atoms with Crippen molar-refractivity contribution in [2.75, 3.05) is 12.3 Å². The minimum Gasteiger partial charge on any atom is -0.330 e. The number of halogens is 1. The second-order valence-corrected chi connectivity index (χ2v) is 7.76. The van der Waals surface area contributed by atoms with E-state index in [9.17, 15) is 8.42 Å². The first-order chi connectivity index (χ1) is 8.01. The molecule has 1 saturated carbocycles. The molecule has 0 amide bonds. The second kappa shape index (κ2) is 4.71. The number of rotatable bonds is 4. The molecule has 0 radical (unpaired) electrons. The Balaban J connectivity index is 2.26. The summed E-state index contributed by atoms with van der Waals surface area (Å²) in [6.45, 7) is 2.13. The van der Waals surface area contributed by atoms with Gasteiger partial charge >= 0.3 is 0 Å². The van der Waals surface area contributed by atoms with E-state index in [2.05, 4.69) is 15.9 Å². The van der Waals surface area contributed by atoms with E-state index in [4.69, 9.17) is 5.73 Å². The molecule has 2 rings (SSSR count). The zero-order chi connectivity index (χ0) is 12.6. The Morgan fingerprint density at radius 3 is 2.35 bits per heavy atom. The Kier molecular flexibility index (Phi) is 3.61. The Bertz CT molecular complexity index is 498. The van der Waals surface area contributed by atoms with Crippen molar-refractivity contribution in [1.29, 1.82) is 0 Å². The van der Waals surface area contributed by atoms with Crippen LogP contribution in [0.4, 0.5) is 0 Å². The third kappa shape index (κ3) is 2.41. The zero-order valence-electron chi connectivity index (χ0n) is 9.64. The molecule has 0 aliphatic heterocycles. The first kappa shape index (κ1) is 13.1. The molecule has 1 fully saturated rings. The third-order valence-electron chi connectivity index (χ3n) is 3.44. The number of benzene rings is 1. The molecule has 0 saturated heterocycles. The lowest BCUT2D eigenvalue weighted by Crippen LogP contribution is -2.15. The number of sulfone groups is 1. The Labute approximate surface area is 110 Å². The number of nitrogens with two attached hydrogens (primary N) is 1. The van der Waals surface area contributed by atoms with Gasteiger partial charge in [0.15, 0.2) is 9.84 Å². The van der Waals surface area contributed by atoms with Gasteiger partial charge < -0.3 is 5.73 Å². The van der Waals surface area contributed by atoms with Gasteiger partial charge in [-0.3, -0.25) is 0 Å². The summed E-state index contributed by atoms with van der Waals surface area (Å²) in [5.41, 5.74) is 6.73. The molecule has 0 unspecified atom stereocenters. The standard InChI is InChI=1S/C12H16BrNO2S/c1-2-17(15,16)12-10(7-14)11(12)8-3-5-9(13)6-4-8/h3-6,10-12H,2,7,14H2,1H3/t10-,11+,12+/m1/s1. The van der Waals surface area contributed by atoms with Crippen molar-refractivity contribution < 1.29 is 8.42 Å². The van der Waals surface area contributed by atoms with E-state index in [1.807, 2.05) is 24.3 Å². The van der Waals surface area contributed by atoms with Crippen LogP contribution in [0.25, 0.3) is 0 Å². The monoisotopic (exact) mass is 317 g/mol. The molecule has 94 valence electrons. The van der Waals surface area contributed by atoms with E-state index in [-0.39, 0.29) is 22.8 Å². The second-order valence-electron chi connectivity index (χ2n) is 4.39. The SMILES string of the molecule is CCS(=O)(=O)[C@H]1[C@H](CN)[C@@H]1c1ccc(Br)cc1. The Morgan fingerprint density at radius 2 is 1.88 bits per heavy atom. The van der Waals surface area contributed by atoms with Crippen LogP contribution in [0.1, 0.15) is 18.4 Å². The molecule has 0 spiro atoms. The molecule has 1 aromatic rings. The average molecular weight is 318 g/mol. The highest BCUT2D eigenvalue weighted by Gasteiger charge is 2.56. The van der Waals surface area contributed by atoms with Crippen LogP contribution in [0.5, 0.6) is 0 Å². The van der Waals surface area contributed by atoms with Crippen molar-refractivity contribution >= 4 is 25.8 Å². The average Bonchev–Trinajstić information content (AvgIpc) is 3.05. The maximum absolute atomic E-state index is 11.9. The predicted molar refractivity (Wildman–Crippen MR) is 72.7 cm³/mol. The molecule has 1 aliphatic carbocycles. The van der Waals surface area contributed by atoms with Gasteiger partial charge in [0.25, 0.3) is 0 Å². The molecular weight excluding hydrogens is 302 g/mol. The van der Waals surface area contributed by atoms with Crippen LogP contribution in [0.2, 0.25) is 0 Å². The van der Waals surface area contributed by atoms with Gasteiger partial charge in [0, 0.05) is 16.1 Å². The van der Waals surface area contributed by atoms with Crippen molar-refractivity contribution in [3.8, 4) is 0 Å². The van der Waals surface area contributed by atoms with E-state index in [1.54, 1.807) is 6.92 Å². The largest absolute Gasteiger partial charge is 0.330 e. The van der Waals surface area contributed by atoms with Crippen LogP contribution in [0.15, 0.2) is 28.7 Å². The summed E-state index contributed by atoms with van der Waals surface area (Å²) in [4.78, 5) is 0. The minimum atomic E-state index is -2.99. The molecule has 0 heterocycles. The molecule has 1 aliphatic rings. The van der Waals surface area contributed by atoms with Crippen molar-refractivity contribution in [1.82, 2.24) is 0 Å². The van der Waals surface area contributed by atoms with Gasteiger partial charge in [-0.15, -0.1) is 0 Å². The van der Waals surface area contributed by atoms with Crippen molar-refractivity contribution in [3.05, 3.63) is 34.3 Å². The normalized spacial score (nSPS) is 28.1. The van der Waals surface area contributed by atoms with Gasteiger partial charge in [0.05, 0.1) is 5.25 Å². The Morgan fingerprint density at radius 1 is 1.29 bits per heavy atom. The van der Waals surface area contributed by atoms with Gasteiger partial charge in [-0.1, -0.05) is 35.0 Å². The maximum Gasteiger partial charge on any atom is 0.153 e. The molecule has 2 N–H and O–H groups in total. The first-order valence-corrected chi connectivity index (χ1v) is 8.19. The van der Waals surface area contributed by atoms with Crippen molar-refractivity contribution in [3.63, 3.8) is 0 Å². The molecule has 5 heteroatoms. The van der Waals surface area contributed by atoms with Gasteiger partial charge in [-0.05, 0) is 30.2 Å². The molecule has 3 atom stereocenters. The fourth-order valence-corrected chi connectivity index (χ4v) is 4.60. The number of hydrogen-bond donors (Lipinski definition) is 1. The molecule has 3 nitrogen and oxygen atoms in total. The summed E-state index contributed by atoms with van der Waals surface area (Å²) >= 11 is 3.37. The van der Waals surface area contributed by atoms with Gasteiger partial charge in [0.2, 0.25) is 0 Å². The highest BCUT2D eigenvalue weighted by molar-refractivity contribution is 9.10. The summed E-state index contributed by atoms with van der Waals surface area (Å²) in [5, 5.41) is -0.279. The highest BCUT2D eigenvalue weighted by atomic mass is 79.9. The zero-order valence-corrected chi connectivity index (χ0v) is 12.0. The number of hydrogen-bond acceptors (Lipinski definition) is 3. The van der Waals surface area contributed by atoms with E-state index < -0.39 is 9.84 Å². The molecule has 0 bridgehead atoms. The fourth-order valence-electron chi connectivity index (χ4n) is 2.43. The van der Waals surface area contributed by atoms with Crippen LogP contribution in [-0.2, 0) is 9.84 Å². The van der Waals surface area contributed by atoms with Crippen LogP contribution < -0.4 is 5.73 Å².